The van der Waals surface area contributed by atoms with Gasteiger partial charge in [0.25, 0.3) is 11.6 Å². The predicted octanol–water partition coefficient (Wildman–Crippen LogP) is 4.63. The van der Waals surface area contributed by atoms with E-state index in [1.54, 1.807) is 18.2 Å². The highest BCUT2D eigenvalue weighted by Gasteiger charge is 2.56. The van der Waals surface area contributed by atoms with Crippen molar-refractivity contribution in [1.29, 1.82) is 0 Å². The first kappa shape index (κ1) is 47.7. The second kappa shape index (κ2) is 18.7. The summed E-state index contributed by atoms with van der Waals surface area (Å²) in [4.78, 5) is 56.9. The van der Waals surface area contributed by atoms with Gasteiger partial charge in [0.2, 0.25) is 0 Å². The van der Waals surface area contributed by atoms with E-state index in [1.807, 2.05) is 20.8 Å². The highest BCUT2D eigenvalue weighted by atomic mass is 33.1. The molecule has 4 N–H and O–H groups in total. The van der Waals surface area contributed by atoms with Crippen LogP contribution in [-0.4, -0.2) is 129 Å². The van der Waals surface area contributed by atoms with E-state index in [2.05, 4.69) is 15.2 Å². The smallest absolute Gasteiger partial charge is 0.303 e. The number of hydrogen-bond acceptors (Lipinski definition) is 20. The van der Waals surface area contributed by atoms with Crippen molar-refractivity contribution in [1.82, 2.24) is 15.2 Å². The lowest BCUT2D eigenvalue weighted by Gasteiger charge is -2.44. The Balaban J connectivity index is 1.17. The summed E-state index contributed by atoms with van der Waals surface area (Å²) in [5.74, 6) is -3.04. The summed E-state index contributed by atoms with van der Waals surface area (Å²) in [6.45, 7) is 8.89. The second-order valence-corrected chi connectivity index (χ2v) is 20.3. The number of morpholine rings is 1. The van der Waals surface area contributed by atoms with Crippen LogP contribution in [0.2, 0.25) is 0 Å². The monoisotopic (exact) mass is 956 g/mol. The average molecular weight is 957 g/mol. The third-order valence-electron chi connectivity index (χ3n) is 12.4. The van der Waals surface area contributed by atoms with E-state index >= 15 is 0 Å². The van der Waals surface area contributed by atoms with Gasteiger partial charge in [-0.15, -0.1) is 0 Å². The first-order valence-corrected chi connectivity index (χ1v) is 23.4. The molecule has 0 spiro atoms. The molecule has 1 amide bonds. The van der Waals surface area contributed by atoms with Crippen LogP contribution in [-0.2, 0) is 54.0 Å². The highest BCUT2D eigenvalue weighted by Crippen LogP contribution is 2.59. The maximum Gasteiger partial charge on any atom is 0.303 e. The number of carbonyl (C=O) groups excluding carboxylic acids is 3. The first-order valence-electron chi connectivity index (χ1n) is 21.3. The molecule has 2 aliphatic carbocycles. The molecular weight excluding hydrogens is 905 g/mol. The quantitative estimate of drug-likeness (QED) is 0.0599. The third kappa shape index (κ3) is 9.01. The van der Waals surface area contributed by atoms with Gasteiger partial charge < -0.3 is 58.5 Å². The van der Waals surface area contributed by atoms with Crippen molar-refractivity contribution in [3.05, 3.63) is 80.0 Å². The molecule has 0 bridgehead atoms. The number of methoxy groups -OCH3 is 2. The number of benzene rings is 2. The minimum Gasteiger partial charge on any atom is -0.507 e. The lowest BCUT2D eigenvalue weighted by Crippen LogP contribution is -2.56. The van der Waals surface area contributed by atoms with E-state index < -0.39 is 101 Å². The maximum absolute atomic E-state index is 14.4. The molecule has 3 fully saturated rings. The van der Waals surface area contributed by atoms with Crippen molar-refractivity contribution in [2.75, 3.05) is 33.9 Å². The number of rotatable bonds is 13. The predicted molar refractivity (Wildman–Crippen MR) is 233 cm³/mol. The Kier molecular flexibility index (Phi) is 13.5. The molecule has 4 heterocycles. The maximum atomic E-state index is 14.4. The summed E-state index contributed by atoms with van der Waals surface area (Å²) >= 11 is 0. The van der Waals surface area contributed by atoms with Gasteiger partial charge in [-0.2, -0.15) is 0 Å². The summed E-state index contributed by atoms with van der Waals surface area (Å²) in [6.07, 6.45) is -6.65. The molecule has 0 saturated carbocycles. The molecule has 2 aromatic carbocycles. The molecule has 356 valence electrons. The molecule has 1 aromatic heterocycles. The Hall–Kier alpha value is -4.78. The molecule has 0 radical (unpaired) electrons. The number of phenolic OH excluding ortho intramolecular Hbond substituents is 2. The summed E-state index contributed by atoms with van der Waals surface area (Å²) < 4.78 is 47.7. The summed E-state index contributed by atoms with van der Waals surface area (Å²) in [6, 6.07) is 7.51. The van der Waals surface area contributed by atoms with Crippen molar-refractivity contribution >= 4 is 45.1 Å². The lowest BCUT2D eigenvalue weighted by molar-refractivity contribution is -0.385. The fourth-order valence-corrected chi connectivity index (χ4v) is 11.6. The van der Waals surface area contributed by atoms with E-state index in [9.17, 15) is 39.8 Å². The number of phenols is 2. The number of ether oxygens (including phenoxy) is 8. The minimum absolute atomic E-state index is 0.00780. The molecular formula is C44H52N4O16S2. The van der Waals surface area contributed by atoms with Crippen LogP contribution in [0.15, 0.2) is 41.6 Å². The van der Waals surface area contributed by atoms with Crippen LogP contribution in [0.25, 0.3) is 0 Å². The number of amides is 1. The third-order valence-corrected chi connectivity index (χ3v) is 15.6. The molecule has 22 heteroatoms. The number of fused-ring (bicyclic) bond motifs is 6. The lowest BCUT2D eigenvalue weighted by atomic mass is 9.71. The molecule has 8 rings (SSSR count). The van der Waals surface area contributed by atoms with Crippen molar-refractivity contribution in [2.45, 2.75) is 125 Å². The Bertz CT molecular complexity index is 2390. The van der Waals surface area contributed by atoms with Gasteiger partial charge in [-0.05, 0) is 43.7 Å². The normalized spacial score (nSPS) is 29.0. The zero-order chi connectivity index (χ0) is 47.4. The van der Waals surface area contributed by atoms with Crippen molar-refractivity contribution < 1.29 is 72.5 Å². The largest absolute Gasteiger partial charge is 0.507 e. The van der Waals surface area contributed by atoms with Gasteiger partial charge in [0, 0.05) is 92.4 Å². The van der Waals surface area contributed by atoms with Crippen LogP contribution in [0, 0.1) is 10.1 Å². The molecule has 3 aliphatic heterocycles. The SMILES string of the molecule is COc1cccc2c1C(OC(C)=O)c1c(O)c3c(c(O)c1C2OC(C)=O)C[C@@](O)(C(=O)NCC(C)(C)SSc1ccc([N+](=O)[O-])cn1)C[C@@H]3O[C@H]1C[C@H]2[C@H](O[C@@H]3[C@@H](OC)OCCN32)[C@H](C)O1. The number of pyridine rings is 1. The van der Waals surface area contributed by atoms with Gasteiger partial charge in [0.1, 0.15) is 40.2 Å². The number of hydrogen-bond donors (Lipinski definition) is 4. The topological polar surface area (TPSA) is 257 Å². The van der Waals surface area contributed by atoms with E-state index in [4.69, 9.17) is 37.9 Å². The van der Waals surface area contributed by atoms with E-state index in [-0.39, 0.29) is 64.4 Å². The van der Waals surface area contributed by atoms with Gasteiger partial charge in [0.15, 0.2) is 31.0 Å². The zero-order valence-corrected chi connectivity index (χ0v) is 38.8. The number of nitrogens with zero attached hydrogens (tertiary/aromatic N) is 3. The average Bonchev–Trinajstić information content (AvgIpc) is 3.66. The second-order valence-electron chi connectivity index (χ2n) is 17.4. The van der Waals surface area contributed by atoms with Gasteiger partial charge in [-0.3, -0.25) is 29.4 Å². The Labute approximate surface area is 387 Å². The molecule has 2 unspecified atom stereocenters. The number of aliphatic hydroxyl groups is 1. The first-order chi connectivity index (χ1) is 31.3. The van der Waals surface area contributed by atoms with Crippen LogP contribution in [0.4, 0.5) is 5.69 Å². The van der Waals surface area contributed by atoms with Crippen LogP contribution >= 0.6 is 21.6 Å². The Morgan fingerprint density at radius 1 is 1.03 bits per heavy atom. The Morgan fingerprint density at radius 2 is 1.76 bits per heavy atom. The summed E-state index contributed by atoms with van der Waals surface area (Å²) in [5, 5.41) is 52.3. The molecule has 66 heavy (non-hydrogen) atoms. The Morgan fingerprint density at radius 3 is 2.42 bits per heavy atom. The minimum atomic E-state index is -2.27. The molecule has 5 aliphatic rings. The number of esters is 2. The molecule has 3 aromatic rings. The van der Waals surface area contributed by atoms with Crippen LogP contribution in [0.1, 0.15) is 99.2 Å². The van der Waals surface area contributed by atoms with Gasteiger partial charge in [0.05, 0.1) is 42.0 Å². The number of aromatic hydroxyl groups is 2. The number of nitro groups is 1. The van der Waals surface area contributed by atoms with Gasteiger partial charge >= 0.3 is 11.9 Å². The van der Waals surface area contributed by atoms with E-state index in [1.165, 1.54) is 61.8 Å². The summed E-state index contributed by atoms with van der Waals surface area (Å²) in [7, 11) is 5.55. The standard InChI is InChI=1S/C44H52N4O16S2/c1-20-37-26(47-13-14-59-41(58-7)40(47)64-37)15-30(60-20)63-28-17-44(54,42(53)46-19-43(4,5)66-65-29-12-11-23(18-45-29)48(55)56)16-25-31(28)36(52)34-33(35(25)51)38(61-21(2)49)24-9-8-10-27(57-6)32(24)39(34)62-22(3)50/h8-12,18,20,26,28,30,37-41,51-52,54H,13-17,19H2,1-7H3,(H,46,53)/t20-,26-,28-,30-,37+,38?,39?,40+,41-,44-/m0/s1. The number of nitrogens with one attached hydrogen (secondary N) is 1. The van der Waals surface area contributed by atoms with Crippen molar-refractivity contribution in [2.24, 2.45) is 0 Å². The molecule has 3 saturated heterocycles. The van der Waals surface area contributed by atoms with E-state index in [0.29, 0.717) is 23.7 Å². The van der Waals surface area contributed by atoms with E-state index in [0.717, 1.165) is 6.20 Å². The molecule has 20 nitrogen and oxygen atoms in total. The highest BCUT2D eigenvalue weighted by molar-refractivity contribution is 8.77. The fourth-order valence-electron chi connectivity index (χ4n) is 9.54. The number of aromatic nitrogens is 1. The molecule has 10 atom stereocenters. The summed E-state index contributed by atoms with van der Waals surface area (Å²) in [5.41, 5.74) is -2.14. The van der Waals surface area contributed by atoms with Crippen LogP contribution in [0.5, 0.6) is 17.2 Å². The van der Waals surface area contributed by atoms with Crippen molar-refractivity contribution in [3.8, 4) is 17.2 Å². The van der Waals surface area contributed by atoms with Gasteiger partial charge in [-0.1, -0.05) is 22.9 Å². The van der Waals surface area contributed by atoms with Crippen LogP contribution in [0.3, 0.4) is 0 Å². The number of carbonyl (C=O) groups is 3. The fraction of sp³-hybridized carbons (Fsp3) is 0.545. The van der Waals surface area contributed by atoms with Crippen molar-refractivity contribution in [3.63, 3.8) is 0 Å². The van der Waals surface area contributed by atoms with Crippen LogP contribution < -0.4 is 10.1 Å². The zero-order valence-electron chi connectivity index (χ0n) is 37.2. The van der Waals surface area contributed by atoms with Gasteiger partial charge in [-0.25, -0.2) is 4.98 Å².